The van der Waals surface area contributed by atoms with Crippen LogP contribution in [0.2, 0.25) is 5.02 Å². The van der Waals surface area contributed by atoms with Crippen LogP contribution < -0.4 is 5.73 Å². The second-order valence-corrected chi connectivity index (χ2v) is 3.56. The third kappa shape index (κ3) is 2.06. The normalized spacial score (nSPS) is 9.50. The number of anilines is 1. The number of alkyl halides is 1. The van der Waals surface area contributed by atoms with Crippen molar-refractivity contribution in [3.8, 4) is 6.07 Å². The highest BCUT2D eigenvalue weighted by Crippen LogP contribution is 2.24. The van der Waals surface area contributed by atoms with Gasteiger partial charge in [0.2, 0.25) is 0 Å². The summed E-state index contributed by atoms with van der Waals surface area (Å²) in [5.74, 6) is -0.230. The maximum absolute atomic E-state index is 11.4. The van der Waals surface area contributed by atoms with Crippen molar-refractivity contribution in [3.63, 3.8) is 0 Å². The summed E-state index contributed by atoms with van der Waals surface area (Å²) in [5, 5.41) is 9.12. The lowest BCUT2D eigenvalue weighted by Crippen LogP contribution is -2.05. The smallest absolute Gasteiger partial charge is 0.176 e. The highest BCUT2D eigenvalue weighted by atomic mass is 79.9. The number of nitrogens with two attached hydrogens (primary N) is 1. The van der Waals surface area contributed by atoms with E-state index in [1.807, 2.05) is 6.07 Å². The van der Waals surface area contributed by atoms with Gasteiger partial charge in [-0.2, -0.15) is 5.26 Å². The Kier molecular flexibility index (Phi) is 3.50. The number of halogens is 2. The van der Waals surface area contributed by atoms with E-state index in [0.29, 0.717) is 5.69 Å². The van der Waals surface area contributed by atoms with Gasteiger partial charge in [-0.05, 0) is 12.1 Å². The second kappa shape index (κ2) is 4.45. The van der Waals surface area contributed by atoms with E-state index in [1.165, 1.54) is 12.1 Å². The van der Waals surface area contributed by atoms with Crippen LogP contribution in [-0.2, 0) is 0 Å². The lowest BCUT2D eigenvalue weighted by Gasteiger charge is -2.04. The largest absolute Gasteiger partial charge is 0.399 e. The fraction of sp³-hybridized carbons (Fsp3) is 0.111. The van der Waals surface area contributed by atoms with Crippen molar-refractivity contribution in [2.24, 2.45) is 0 Å². The Morgan fingerprint density at radius 2 is 2.29 bits per heavy atom. The number of ketones is 1. The molecule has 0 heterocycles. The van der Waals surface area contributed by atoms with Gasteiger partial charge in [-0.15, -0.1) is 0 Å². The number of rotatable bonds is 2. The Morgan fingerprint density at radius 1 is 1.64 bits per heavy atom. The van der Waals surface area contributed by atoms with E-state index < -0.39 is 0 Å². The molecular weight excluding hydrogens is 267 g/mol. The number of carbonyl (C=O) groups is 1. The standard InChI is InChI=1S/C9H6BrClN2O/c10-3-8(14)9-5(4-12)1-6(13)2-7(9)11/h1-2H,3,13H2. The van der Waals surface area contributed by atoms with Crippen molar-refractivity contribution in [3.05, 3.63) is 28.3 Å². The van der Waals surface area contributed by atoms with Gasteiger partial charge < -0.3 is 5.73 Å². The predicted octanol–water partition coefficient (Wildman–Crippen LogP) is 2.37. The zero-order valence-electron chi connectivity index (χ0n) is 7.05. The lowest BCUT2D eigenvalue weighted by atomic mass is 10.0. The Morgan fingerprint density at radius 3 is 2.79 bits per heavy atom. The van der Waals surface area contributed by atoms with Crippen molar-refractivity contribution in [1.29, 1.82) is 5.26 Å². The first kappa shape index (κ1) is 11.0. The van der Waals surface area contributed by atoms with E-state index in [1.54, 1.807) is 0 Å². The van der Waals surface area contributed by atoms with Gasteiger partial charge in [0.05, 0.1) is 21.5 Å². The molecule has 0 aliphatic carbocycles. The molecule has 2 N–H and O–H groups in total. The average molecular weight is 274 g/mol. The highest BCUT2D eigenvalue weighted by Gasteiger charge is 2.15. The summed E-state index contributed by atoms with van der Waals surface area (Å²) in [7, 11) is 0. The van der Waals surface area contributed by atoms with Crippen molar-refractivity contribution in [2.45, 2.75) is 0 Å². The Labute approximate surface area is 94.6 Å². The molecule has 0 bridgehead atoms. The summed E-state index contributed by atoms with van der Waals surface area (Å²) >= 11 is 8.83. The summed E-state index contributed by atoms with van der Waals surface area (Å²) < 4.78 is 0. The molecule has 0 aromatic heterocycles. The molecule has 14 heavy (non-hydrogen) atoms. The zero-order valence-corrected chi connectivity index (χ0v) is 9.39. The third-order valence-corrected chi connectivity index (χ3v) is 2.44. The first-order valence-electron chi connectivity index (χ1n) is 3.68. The fourth-order valence-corrected chi connectivity index (χ4v) is 1.68. The molecule has 0 saturated carbocycles. The number of carbonyl (C=O) groups excluding carboxylic acids is 1. The molecule has 72 valence electrons. The van der Waals surface area contributed by atoms with E-state index >= 15 is 0 Å². The molecule has 0 aliphatic heterocycles. The maximum atomic E-state index is 11.4. The number of nitriles is 1. The summed E-state index contributed by atoms with van der Waals surface area (Å²) in [4.78, 5) is 11.4. The van der Waals surface area contributed by atoms with Gasteiger partial charge in [-0.3, -0.25) is 4.79 Å². The average Bonchev–Trinajstić information content (AvgIpc) is 2.15. The monoisotopic (exact) mass is 272 g/mol. The first-order valence-corrected chi connectivity index (χ1v) is 5.18. The van der Waals surface area contributed by atoms with Crippen LogP contribution in [0.5, 0.6) is 0 Å². The molecule has 0 amide bonds. The van der Waals surface area contributed by atoms with Crippen LogP contribution in [0.1, 0.15) is 15.9 Å². The number of hydrogen-bond acceptors (Lipinski definition) is 3. The summed E-state index contributed by atoms with van der Waals surface area (Å²) in [6, 6.07) is 4.78. The van der Waals surface area contributed by atoms with Crippen LogP contribution in [0.4, 0.5) is 5.69 Å². The molecule has 0 spiro atoms. The van der Waals surface area contributed by atoms with Gasteiger partial charge in [0.25, 0.3) is 0 Å². The number of benzene rings is 1. The number of Topliss-reactive ketones (excluding diaryl/α,β-unsaturated/α-hetero) is 1. The lowest BCUT2D eigenvalue weighted by molar-refractivity contribution is 0.102. The van der Waals surface area contributed by atoms with Crippen LogP contribution >= 0.6 is 27.5 Å². The molecule has 1 rings (SSSR count). The summed E-state index contributed by atoms with van der Waals surface area (Å²) in [5.41, 5.74) is 6.29. The highest BCUT2D eigenvalue weighted by molar-refractivity contribution is 9.09. The van der Waals surface area contributed by atoms with Gasteiger partial charge in [0, 0.05) is 5.69 Å². The molecule has 0 atom stereocenters. The van der Waals surface area contributed by atoms with Gasteiger partial charge in [0.15, 0.2) is 5.78 Å². The van der Waals surface area contributed by atoms with E-state index in [-0.39, 0.29) is 27.3 Å². The Hall–Kier alpha value is -1.05. The van der Waals surface area contributed by atoms with Crippen molar-refractivity contribution in [1.82, 2.24) is 0 Å². The van der Waals surface area contributed by atoms with Gasteiger partial charge in [-0.1, -0.05) is 27.5 Å². The van der Waals surface area contributed by atoms with E-state index in [9.17, 15) is 4.79 Å². The van der Waals surface area contributed by atoms with E-state index in [2.05, 4.69) is 15.9 Å². The molecule has 0 saturated heterocycles. The Balaban J connectivity index is 3.42. The van der Waals surface area contributed by atoms with Crippen LogP contribution in [-0.4, -0.2) is 11.1 Å². The fourth-order valence-electron chi connectivity index (χ4n) is 1.07. The topological polar surface area (TPSA) is 66.9 Å². The molecule has 1 aromatic carbocycles. The summed E-state index contributed by atoms with van der Waals surface area (Å²) in [6.07, 6.45) is 0. The summed E-state index contributed by atoms with van der Waals surface area (Å²) in [6.45, 7) is 0. The van der Waals surface area contributed by atoms with Crippen LogP contribution in [0.3, 0.4) is 0 Å². The quantitative estimate of drug-likeness (QED) is 0.511. The van der Waals surface area contributed by atoms with Crippen molar-refractivity contribution in [2.75, 3.05) is 11.1 Å². The van der Waals surface area contributed by atoms with Gasteiger partial charge >= 0.3 is 0 Å². The second-order valence-electron chi connectivity index (χ2n) is 2.59. The molecule has 0 unspecified atom stereocenters. The molecule has 3 nitrogen and oxygen atoms in total. The minimum Gasteiger partial charge on any atom is -0.399 e. The van der Waals surface area contributed by atoms with E-state index in [4.69, 9.17) is 22.6 Å². The van der Waals surface area contributed by atoms with Crippen LogP contribution in [0.15, 0.2) is 12.1 Å². The minimum absolute atomic E-state index is 0.130. The van der Waals surface area contributed by atoms with E-state index in [0.717, 1.165) is 0 Å². The number of hydrogen-bond donors (Lipinski definition) is 1. The Bertz CT molecular complexity index is 426. The van der Waals surface area contributed by atoms with Crippen LogP contribution in [0, 0.1) is 11.3 Å². The molecule has 5 heteroatoms. The third-order valence-electron chi connectivity index (χ3n) is 1.63. The predicted molar refractivity (Wildman–Crippen MR) is 58.7 cm³/mol. The van der Waals surface area contributed by atoms with Gasteiger partial charge in [-0.25, -0.2) is 0 Å². The molecule has 0 fully saturated rings. The molecular formula is C9H6BrClN2O. The molecule has 1 aromatic rings. The zero-order chi connectivity index (χ0) is 10.7. The number of nitrogen functional groups attached to an aromatic ring is 1. The SMILES string of the molecule is N#Cc1cc(N)cc(Cl)c1C(=O)CBr. The van der Waals surface area contributed by atoms with Crippen molar-refractivity contribution < 1.29 is 4.79 Å². The molecule has 0 aliphatic rings. The minimum atomic E-state index is -0.230. The van der Waals surface area contributed by atoms with Gasteiger partial charge in [0.1, 0.15) is 6.07 Å². The maximum Gasteiger partial charge on any atom is 0.176 e. The first-order chi connectivity index (χ1) is 6.60. The number of nitrogens with zero attached hydrogens (tertiary/aromatic N) is 1. The van der Waals surface area contributed by atoms with Crippen molar-refractivity contribution >= 4 is 39.0 Å². The van der Waals surface area contributed by atoms with Crippen LogP contribution in [0.25, 0.3) is 0 Å². The molecule has 0 radical (unpaired) electrons.